The first-order chi connectivity index (χ1) is 46.5. The molecule has 97 heavy (non-hydrogen) atoms. The summed E-state index contributed by atoms with van der Waals surface area (Å²) in [5.74, 6) is 4.19. The van der Waals surface area contributed by atoms with E-state index in [2.05, 4.69) is 10.6 Å². The highest BCUT2D eigenvalue weighted by molar-refractivity contribution is 6.24. The van der Waals surface area contributed by atoms with Crippen molar-refractivity contribution in [3.8, 4) is 69.0 Å². The fourth-order valence-electron chi connectivity index (χ4n) is 9.06. The second kappa shape index (κ2) is 34.7. The summed E-state index contributed by atoms with van der Waals surface area (Å²) in [6.07, 6.45) is 4.90. The van der Waals surface area contributed by atoms with Gasteiger partial charge >= 0.3 is 11.9 Å². The maximum absolute atomic E-state index is 13.0. The third-order valence-corrected chi connectivity index (χ3v) is 13.8. The van der Waals surface area contributed by atoms with Gasteiger partial charge in [0.25, 0.3) is 11.6 Å². The minimum Gasteiger partial charge on any atom is -0.497 e. The lowest BCUT2D eigenvalue weighted by molar-refractivity contribution is -0.384. The van der Waals surface area contributed by atoms with Gasteiger partial charge in [-0.3, -0.25) is 24.5 Å². The molecule has 0 saturated carbocycles. The third-order valence-electron chi connectivity index (χ3n) is 13.8. The maximum Gasteiger partial charge on any atom is 0.336 e. The molecule has 0 aliphatic carbocycles. The Hall–Kier alpha value is -12.9. The van der Waals surface area contributed by atoms with E-state index < -0.39 is 16.9 Å². The number of carbonyl (C=O) groups is 5. The van der Waals surface area contributed by atoms with Gasteiger partial charge in [-0.1, -0.05) is 36.4 Å². The van der Waals surface area contributed by atoms with Crippen molar-refractivity contribution >= 4 is 81.7 Å². The number of nitro benzene ring substituents is 1. The van der Waals surface area contributed by atoms with Crippen LogP contribution in [0.1, 0.15) is 47.2 Å². The van der Waals surface area contributed by atoms with Crippen molar-refractivity contribution in [2.45, 2.75) is 13.8 Å². The first-order valence-corrected chi connectivity index (χ1v) is 29.4. The molecule has 0 aliphatic rings. The lowest BCUT2D eigenvalue weighted by Crippen LogP contribution is -2.22. The van der Waals surface area contributed by atoms with E-state index in [1.165, 1.54) is 77.5 Å². The van der Waals surface area contributed by atoms with Gasteiger partial charge in [0.05, 0.1) is 58.7 Å². The molecule has 0 spiro atoms. The second-order valence-electron chi connectivity index (χ2n) is 21.0. The minimum absolute atomic E-state index is 0.0342. The van der Waals surface area contributed by atoms with Crippen molar-refractivity contribution in [1.29, 1.82) is 0 Å². The van der Waals surface area contributed by atoms with Crippen LogP contribution in [0.15, 0.2) is 200 Å². The van der Waals surface area contributed by atoms with Crippen LogP contribution in [-0.4, -0.2) is 106 Å². The van der Waals surface area contributed by atoms with Crippen molar-refractivity contribution < 1.29 is 81.7 Å². The molecule has 9 aromatic rings. The number of hydrogen-bond acceptors (Lipinski definition) is 16. The van der Waals surface area contributed by atoms with E-state index >= 15 is 0 Å². The average Bonchev–Trinajstić information content (AvgIpc) is 0.915. The number of nitrogens with one attached hydrogen (secondary N) is 2. The van der Waals surface area contributed by atoms with Crippen LogP contribution in [0.2, 0.25) is 0 Å². The number of rotatable bonds is 24. The standard InChI is InChI=1S/C27H28N2O5.C25H23NO6.C23H19NO7/c1-18(30)28-21-8-12-23(13-9-21)34-22-10-6-20(7-11-22)26(27(31)29(2)3)16-19-14-24(32-4)17-25(15-19)33-5;1-16(27)26-19-6-10-21(11-7-19)32-20-8-4-18(5-9-20)24(25(28)29)14-17-12-22(30-2)15-23(13-17)31-3;1-29-20-11-15(12-21(14-20)30-2)13-22(23(25)26)16-3-7-18(8-4-16)31-19-9-5-17(6-10-19)24(27)28/h6-17H,1-5H3,(H,28,30);4-15H,1-3H3,(H,26,27)(H,28,29);3-14H,1-2H3,(H,25,26)/b26-16+;24-14+;22-13+. The average molecular weight is 1320 g/mol. The summed E-state index contributed by atoms with van der Waals surface area (Å²) < 4.78 is 49.0. The Kier molecular flexibility index (Phi) is 25.6. The molecule has 498 valence electrons. The topological polar surface area (TPSA) is 279 Å². The summed E-state index contributed by atoms with van der Waals surface area (Å²) in [5, 5.41) is 35.6. The number of carboxylic acid groups (broad SMARTS) is 2. The van der Waals surface area contributed by atoms with Crippen LogP contribution in [0.25, 0.3) is 34.9 Å². The zero-order valence-electron chi connectivity index (χ0n) is 54.6. The number of nitro groups is 1. The highest BCUT2D eigenvalue weighted by atomic mass is 16.6. The Bertz CT molecular complexity index is 4250. The zero-order valence-corrected chi connectivity index (χ0v) is 54.6. The molecular weight excluding hydrogens is 1240 g/mol. The Morgan fingerprint density at radius 2 is 0.608 bits per heavy atom. The molecule has 4 N–H and O–H groups in total. The molecule has 0 aliphatic heterocycles. The van der Waals surface area contributed by atoms with Crippen LogP contribution in [0, 0.1) is 10.1 Å². The number of non-ortho nitro benzene ring substituents is 1. The fourth-order valence-corrected chi connectivity index (χ4v) is 9.06. The van der Waals surface area contributed by atoms with Crippen molar-refractivity contribution in [2.75, 3.05) is 67.4 Å². The van der Waals surface area contributed by atoms with Crippen LogP contribution < -0.4 is 53.3 Å². The molecule has 3 amide bonds. The van der Waals surface area contributed by atoms with Gasteiger partial charge in [0, 0.05) is 75.2 Å². The number of methoxy groups -OCH3 is 6. The first-order valence-electron chi connectivity index (χ1n) is 29.4. The summed E-state index contributed by atoms with van der Waals surface area (Å²) in [6, 6.07) is 56.0. The SMILES string of the molecule is COc1cc(/C=C(/C(=O)N(C)C)c2ccc(Oc3ccc(NC(C)=O)cc3)cc2)cc(OC)c1.COc1cc(/C=C(/C(=O)O)c2ccc(Oc3ccc(NC(C)=O)cc3)cc2)cc(OC)c1.COc1cc(/C=C(/C(=O)O)c2ccc(Oc3ccc([N+](=O)[O-])cc3)cc2)cc(OC)c1. The van der Waals surface area contributed by atoms with Crippen LogP contribution in [0.3, 0.4) is 0 Å². The van der Waals surface area contributed by atoms with Gasteiger partial charge in [-0.05, 0) is 185 Å². The van der Waals surface area contributed by atoms with E-state index in [1.807, 2.05) is 30.3 Å². The van der Waals surface area contributed by atoms with Gasteiger partial charge in [-0.2, -0.15) is 0 Å². The van der Waals surface area contributed by atoms with Crippen molar-refractivity contribution in [2.24, 2.45) is 0 Å². The molecule has 0 unspecified atom stereocenters. The van der Waals surface area contributed by atoms with E-state index in [0.717, 1.165) is 11.1 Å². The molecule has 22 nitrogen and oxygen atoms in total. The highest BCUT2D eigenvalue weighted by Gasteiger charge is 2.18. The molecule has 0 fully saturated rings. The highest BCUT2D eigenvalue weighted by Crippen LogP contribution is 2.34. The Morgan fingerprint density at radius 1 is 0.371 bits per heavy atom. The minimum atomic E-state index is -1.09. The van der Waals surface area contributed by atoms with Gasteiger partial charge in [0.2, 0.25) is 11.8 Å². The van der Waals surface area contributed by atoms with Crippen molar-refractivity contribution in [3.63, 3.8) is 0 Å². The summed E-state index contributed by atoms with van der Waals surface area (Å²) in [6.45, 7) is 2.90. The van der Waals surface area contributed by atoms with Crippen LogP contribution in [0.4, 0.5) is 17.1 Å². The molecule has 0 heterocycles. The molecule has 22 heteroatoms. The Labute approximate surface area is 559 Å². The first kappa shape index (κ1) is 71.6. The number of likely N-dealkylation sites (N-methyl/N-ethyl adjacent to an activating group) is 1. The normalized spacial score (nSPS) is 10.9. The van der Waals surface area contributed by atoms with Crippen molar-refractivity contribution in [1.82, 2.24) is 4.90 Å². The molecule has 0 aromatic heterocycles. The molecule has 9 aromatic carbocycles. The van der Waals surface area contributed by atoms with Crippen LogP contribution in [-0.2, 0) is 24.0 Å². The molecule has 9 rings (SSSR count). The van der Waals surface area contributed by atoms with E-state index in [0.29, 0.717) is 108 Å². The third kappa shape index (κ3) is 21.6. The number of anilines is 2. The number of benzene rings is 9. The number of carboxylic acids is 2. The van der Waals surface area contributed by atoms with Gasteiger partial charge in [0.15, 0.2) is 0 Å². The number of aliphatic carboxylic acids is 2. The fraction of sp³-hybridized carbons (Fsp3) is 0.133. The monoisotopic (exact) mass is 1310 g/mol. The lowest BCUT2D eigenvalue weighted by Gasteiger charge is -2.15. The van der Waals surface area contributed by atoms with Gasteiger partial charge < -0.3 is 68.4 Å². The summed E-state index contributed by atoms with van der Waals surface area (Å²) in [5.41, 5.74) is 5.82. The molecule has 0 radical (unpaired) electrons. The number of hydrogen-bond donors (Lipinski definition) is 4. The second-order valence-corrected chi connectivity index (χ2v) is 21.0. The number of nitrogens with zero attached hydrogens (tertiary/aromatic N) is 2. The number of carbonyl (C=O) groups excluding carboxylic acids is 3. The molecule has 0 bridgehead atoms. The van der Waals surface area contributed by atoms with Gasteiger partial charge in [0.1, 0.15) is 69.0 Å². The molecule has 0 atom stereocenters. The van der Waals surface area contributed by atoms with E-state index in [-0.39, 0.29) is 34.6 Å². The maximum atomic E-state index is 13.0. The molecular formula is C75H70N4O18. The van der Waals surface area contributed by atoms with Crippen LogP contribution in [0.5, 0.6) is 69.0 Å². The van der Waals surface area contributed by atoms with Gasteiger partial charge in [-0.15, -0.1) is 0 Å². The van der Waals surface area contributed by atoms with E-state index in [4.69, 9.17) is 42.6 Å². The summed E-state index contributed by atoms with van der Waals surface area (Å²) in [7, 11) is 12.7. The Balaban J connectivity index is 0.000000205. The number of ether oxygens (including phenoxy) is 9. The van der Waals surface area contributed by atoms with E-state index in [1.54, 1.807) is 186 Å². The summed E-state index contributed by atoms with van der Waals surface area (Å²) in [4.78, 5) is 70.8. The quantitative estimate of drug-likeness (QED) is 0.0189. The zero-order chi connectivity index (χ0) is 70.1. The molecule has 0 saturated heterocycles. The largest absolute Gasteiger partial charge is 0.497 e. The predicted octanol–water partition coefficient (Wildman–Crippen LogP) is 15.2. The van der Waals surface area contributed by atoms with Gasteiger partial charge in [-0.25, -0.2) is 9.59 Å². The van der Waals surface area contributed by atoms with Crippen LogP contribution >= 0.6 is 0 Å². The summed E-state index contributed by atoms with van der Waals surface area (Å²) >= 11 is 0. The number of amides is 3. The lowest BCUT2D eigenvalue weighted by atomic mass is 10.0. The van der Waals surface area contributed by atoms with E-state index in [9.17, 15) is 44.3 Å². The smallest absolute Gasteiger partial charge is 0.336 e. The Morgan fingerprint density at radius 3 is 0.835 bits per heavy atom. The van der Waals surface area contributed by atoms with Crippen molar-refractivity contribution in [3.05, 3.63) is 244 Å². The predicted molar refractivity (Wildman–Crippen MR) is 370 cm³/mol.